The molecule has 0 spiro atoms. The van der Waals surface area contributed by atoms with Gasteiger partial charge in [-0.1, -0.05) is 72.8 Å². The summed E-state index contributed by atoms with van der Waals surface area (Å²) in [7, 11) is 0. The Morgan fingerprint density at radius 1 is 0.529 bits per heavy atom. The van der Waals surface area contributed by atoms with Crippen LogP contribution < -0.4 is 0 Å². The van der Waals surface area contributed by atoms with E-state index in [2.05, 4.69) is 89.9 Å². The van der Waals surface area contributed by atoms with Gasteiger partial charge >= 0.3 is 0 Å². The second-order valence-corrected chi connectivity index (χ2v) is 8.22. The Labute approximate surface area is 199 Å². The van der Waals surface area contributed by atoms with Crippen molar-refractivity contribution in [1.82, 2.24) is 4.98 Å². The third kappa shape index (κ3) is 3.84. The molecule has 158 valence electrons. The van der Waals surface area contributed by atoms with Crippen LogP contribution in [-0.2, 0) is 0 Å². The summed E-state index contributed by atoms with van der Waals surface area (Å²) in [4.78, 5) is 9.55. The molecule has 6 rings (SSSR count). The summed E-state index contributed by atoms with van der Waals surface area (Å²) in [5, 5.41) is 1.14. The van der Waals surface area contributed by atoms with Crippen LogP contribution in [0.25, 0.3) is 33.3 Å². The number of aromatic nitrogens is 1. The molecule has 1 aromatic heterocycles. The monoisotopic (exact) mass is 433 g/mol. The van der Waals surface area contributed by atoms with Crippen LogP contribution in [0.2, 0.25) is 0 Å². The van der Waals surface area contributed by atoms with E-state index in [1.54, 1.807) is 0 Å². The molecule has 0 fully saturated rings. The second kappa shape index (κ2) is 8.71. The molecule has 2 heterocycles. The fraction of sp³-hybridized carbons (Fsp3) is 0. The Kier molecular flexibility index (Phi) is 5.12. The molecule has 0 atom stereocenters. The molecule has 0 unspecified atom stereocenters. The lowest BCUT2D eigenvalue weighted by molar-refractivity contribution is 1.41. The van der Waals surface area contributed by atoms with Crippen molar-refractivity contribution in [3.63, 3.8) is 0 Å². The minimum Gasteiger partial charge on any atom is -0.256 e. The average Bonchev–Trinajstić information content (AvgIpc) is 2.93. The lowest BCUT2D eigenvalue weighted by atomic mass is 9.94. The predicted octanol–water partition coefficient (Wildman–Crippen LogP) is 7.63. The quantitative estimate of drug-likeness (QED) is 0.267. The molecule has 0 bridgehead atoms. The summed E-state index contributed by atoms with van der Waals surface area (Å²) in [5.41, 5.74) is 9.37. The van der Waals surface area contributed by atoms with Crippen molar-refractivity contribution < 1.29 is 0 Å². The molecular weight excluding hydrogens is 412 g/mol. The number of rotatable bonds is 4. The number of pyridine rings is 1. The van der Waals surface area contributed by atoms with E-state index in [-0.39, 0.29) is 0 Å². The van der Waals surface area contributed by atoms with Crippen molar-refractivity contribution >= 4 is 27.9 Å². The van der Waals surface area contributed by atoms with E-state index in [0.29, 0.717) is 0 Å². The molecule has 1 aliphatic rings. The second-order valence-electron chi connectivity index (χ2n) is 8.22. The molecular formula is C32H21N2+. The Balaban J connectivity index is 1.42. The lowest BCUT2D eigenvalue weighted by Crippen LogP contribution is -2.03. The number of allylic oxidation sites excluding steroid dienone is 3. The molecule has 0 aliphatic carbocycles. The van der Waals surface area contributed by atoms with Gasteiger partial charge in [0, 0.05) is 28.8 Å². The first-order valence-corrected chi connectivity index (χ1v) is 11.3. The van der Waals surface area contributed by atoms with Crippen LogP contribution in [0.5, 0.6) is 0 Å². The van der Waals surface area contributed by atoms with Crippen molar-refractivity contribution in [3.8, 4) is 11.1 Å². The van der Waals surface area contributed by atoms with Crippen LogP contribution in [0.15, 0.2) is 133 Å². The summed E-state index contributed by atoms with van der Waals surface area (Å²) in [6.45, 7) is 0. The van der Waals surface area contributed by atoms with Crippen LogP contribution in [0.3, 0.4) is 0 Å². The molecule has 0 amide bonds. The molecule has 4 aromatic carbocycles. The van der Waals surface area contributed by atoms with E-state index in [1.807, 2.05) is 48.7 Å². The fourth-order valence-corrected chi connectivity index (χ4v) is 4.29. The maximum atomic E-state index is 4.93. The molecule has 2 heteroatoms. The van der Waals surface area contributed by atoms with E-state index >= 15 is 0 Å². The minimum absolute atomic E-state index is 0.847. The van der Waals surface area contributed by atoms with Gasteiger partial charge in [-0.15, -0.1) is 0 Å². The van der Waals surface area contributed by atoms with E-state index in [9.17, 15) is 0 Å². The van der Waals surface area contributed by atoms with Crippen LogP contribution in [0, 0.1) is 6.08 Å². The first kappa shape index (κ1) is 20.0. The minimum atomic E-state index is 0.847. The normalized spacial score (nSPS) is 13.0. The van der Waals surface area contributed by atoms with E-state index < -0.39 is 0 Å². The van der Waals surface area contributed by atoms with Gasteiger partial charge in [0.2, 0.25) is 5.70 Å². The summed E-state index contributed by atoms with van der Waals surface area (Å²) >= 11 is 0. The molecule has 0 saturated heterocycles. The number of nitrogens with zero attached hydrogens (tertiary/aromatic N) is 2. The highest BCUT2D eigenvalue weighted by atomic mass is 14.8. The van der Waals surface area contributed by atoms with Gasteiger partial charge in [-0.3, -0.25) is 4.98 Å². The smallest absolute Gasteiger partial charge is 0.207 e. The molecule has 2 nitrogen and oxygen atoms in total. The third-order valence-electron chi connectivity index (χ3n) is 6.02. The van der Waals surface area contributed by atoms with Crippen molar-refractivity contribution in [2.45, 2.75) is 0 Å². The van der Waals surface area contributed by atoms with Crippen LogP contribution in [-0.4, -0.2) is 10.7 Å². The van der Waals surface area contributed by atoms with Gasteiger partial charge < -0.3 is 0 Å². The first-order valence-electron chi connectivity index (χ1n) is 11.3. The molecule has 0 radical (unpaired) electrons. The number of hydrogen-bond acceptors (Lipinski definition) is 2. The van der Waals surface area contributed by atoms with Crippen molar-refractivity contribution in [3.05, 3.63) is 150 Å². The summed E-state index contributed by atoms with van der Waals surface area (Å²) in [6.07, 6.45) is 7.52. The fourth-order valence-electron chi connectivity index (χ4n) is 4.29. The van der Waals surface area contributed by atoms with Gasteiger partial charge in [0.15, 0.2) is 5.57 Å². The SMILES string of the molecule is [C+]1=C(c2ccccc2)N=C(c2ccccc2)C=C1c1ccc(-c2cccc3cccnc23)cc1. The number of fused-ring (bicyclic) bond motifs is 1. The molecule has 1 aliphatic heterocycles. The highest BCUT2D eigenvalue weighted by Crippen LogP contribution is 2.31. The number of para-hydroxylation sites is 1. The van der Waals surface area contributed by atoms with Gasteiger partial charge in [-0.25, -0.2) is 4.99 Å². The Morgan fingerprint density at radius 3 is 1.97 bits per heavy atom. The number of hydrogen-bond donors (Lipinski definition) is 0. The maximum Gasteiger partial charge on any atom is 0.207 e. The van der Waals surface area contributed by atoms with Crippen LogP contribution >= 0.6 is 0 Å². The van der Waals surface area contributed by atoms with Gasteiger partial charge in [0.1, 0.15) is 5.71 Å². The lowest BCUT2D eigenvalue weighted by Gasteiger charge is -2.09. The summed E-state index contributed by atoms with van der Waals surface area (Å²) in [5.74, 6) is 0. The predicted molar refractivity (Wildman–Crippen MR) is 141 cm³/mol. The maximum absolute atomic E-state index is 4.93. The van der Waals surface area contributed by atoms with Gasteiger partial charge in [0.05, 0.1) is 22.7 Å². The zero-order valence-electron chi connectivity index (χ0n) is 18.5. The standard InChI is InChI=1S/C32H21N2/c1-3-9-25(10-4-1)30-21-28(22-31(34-30)26-11-5-2-6-12-26)23-16-18-24(19-17-23)29-15-7-13-27-14-8-20-33-32(27)29/h1-21H/q+1. The first-order chi connectivity index (χ1) is 16.8. The zero-order valence-corrected chi connectivity index (χ0v) is 18.5. The molecule has 0 N–H and O–H groups in total. The summed E-state index contributed by atoms with van der Waals surface area (Å²) < 4.78 is 0. The average molecular weight is 434 g/mol. The third-order valence-corrected chi connectivity index (χ3v) is 6.02. The number of benzene rings is 4. The van der Waals surface area contributed by atoms with Crippen molar-refractivity contribution in [2.75, 3.05) is 0 Å². The summed E-state index contributed by atoms with van der Waals surface area (Å²) in [6, 6.07) is 39.6. The van der Waals surface area contributed by atoms with Crippen molar-refractivity contribution in [1.29, 1.82) is 0 Å². The molecule has 34 heavy (non-hydrogen) atoms. The van der Waals surface area contributed by atoms with Crippen molar-refractivity contribution in [2.24, 2.45) is 4.99 Å². The Morgan fingerprint density at radius 2 is 1.21 bits per heavy atom. The van der Waals surface area contributed by atoms with Gasteiger partial charge in [-0.2, -0.15) is 0 Å². The number of aliphatic imine (C=N–C) groups is 1. The van der Waals surface area contributed by atoms with Gasteiger partial charge in [0.25, 0.3) is 0 Å². The topological polar surface area (TPSA) is 25.2 Å². The van der Waals surface area contributed by atoms with Gasteiger partial charge in [-0.05, 0) is 48.0 Å². The Hall–Kier alpha value is -4.65. The van der Waals surface area contributed by atoms with E-state index in [4.69, 9.17) is 4.99 Å². The van der Waals surface area contributed by atoms with Crippen LogP contribution in [0.1, 0.15) is 16.7 Å². The highest BCUT2D eigenvalue weighted by Gasteiger charge is 2.21. The Bertz CT molecular complexity index is 1510. The van der Waals surface area contributed by atoms with Crippen LogP contribution in [0.4, 0.5) is 0 Å². The van der Waals surface area contributed by atoms with E-state index in [0.717, 1.165) is 55.7 Å². The van der Waals surface area contributed by atoms with E-state index in [1.165, 1.54) is 0 Å². The highest BCUT2D eigenvalue weighted by molar-refractivity contribution is 6.16. The molecule has 5 aromatic rings. The molecule has 0 saturated carbocycles. The zero-order chi connectivity index (χ0) is 22.7. The largest absolute Gasteiger partial charge is 0.256 e.